The van der Waals surface area contributed by atoms with Crippen molar-refractivity contribution in [3.8, 4) is 0 Å². The summed E-state index contributed by atoms with van der Waals surface area (Å²) in [4.78, 5) is 21.5. The third kappa shape index (κ3) is 7.95. The number of nitrogens with one attached hydrogen (secondary N) is 2. The molecule has 0 aliphatic rings. The number of hydrogen-bond donors (Lipinski definition) is 3. The van der Waals surface area contributed by atoms with E-state index in [-0.39, 0.29) is 11.9 Å². The van der Waals surface area contributed by atoms with Gasteiger partial charge in [0.15, 0.2) is 0 Å². The van der Waals surface area contributed by atoms with E-state index in [9.17, 15) is 9.59 Å². The second kappa shape index (κ2) is 8.87. The molecule has 3 N–H and O–H groups in total. The van der Waals surface area contributed by atoms with Gasteiger partial charge in [-0.25, -0.2) is 4.79 Å². The van der Waals surface area contributed by atoms with Gasteiger partial charge < -0.3 is 20.5 Å². The highest BCUT2D eigenvalue weighted by Crippen LogP contribution is 1.82. The largest absolute Gasteiger partial charge is 0.478 e. The average Bonchev–Trinajstić information content (AvgIpc) is 2.24. The van der Waals surface area contributed by atoms with Crippen LogP contribution in [0.15, 0.2) is 12.2 Å². The number of aliphatic carboxylic acids is 1. The second-order valence-corrected chi connectivity index (χ2v) is 3.15. The highest BCUT2D eigenvalue weighted by molar-refractivity contribution is 5.81. The molecule has 0 saturated carbocycles. The van der Waals surface area contributed by atoms with E-state index in [0.717, 1.165) is 6.08 Å². The van der Waals surface area contributed by atoms with Gasteiger partial charge in [0.2, 0.25) is 5.91 Å². The van der Waals surface area contributed by atoms with E-state index in [1.807, 2.05) is 0 Å². The number of methoxy groups -OCH3 is 1. The lowest BCUT2D eigenvalue weighted by Crippen LogP contribution is -2.43. The molecule has 6 heteroatoms. The molecule has 0 rings (SSSR count). The first-order chi connectivity index (χ1) is 7.57. The number of carboxylic acid groups (broad SMARTS) is 1. The van der Waals surface area contributed by atoms with Crippen LogP contribution in [0.2, 0.25) is 0 Å². The van der Waals surface area contributed by atoms with Crippen LogP contribution in [0.5, 0.6) is 0 Å². The topological polar surface area (TPSA) is 87.7 Å². The van der Waals surface area contributed by atoms with Crippen LogP contribution in [0.1, 0.15) is 6.92 Å². The lowest BCUT2D eigenvalue weighted by molar-refractivity contribution is -0.131. The Hall–Kier alpha value is -1.40. The molecule has 1 unspecified atom stereocenters. The van der Waals surface area contributed by atoms with Gasteiger partial charge in [-0.2, -0.15) is 0 Å². The van der Waals surface area contributed by atoms with Crippen molar-refractivity contribution in [1.29, 1.82) is 0 Å². The Balaban J connectivity index is 3.66. The number of hydrogen-bond acceptors (Lipinski definition) is 4. The summed E-state index contributed by atoms with van der Waals surface area (Å²) in [6, 6.07) is -0.365. The van der Waals surface area contributed by atoms with Crippen molar-refractivity contribution in [3.05, 3.63) is 12.2 Å². The summed E-state index contributed by atoms with van der Waals surface area (Å²) in [5, 5.41) is 13.9. The molecule has 0 aliphatic heterocycles. The monoisotopic (exact) mass is 230 g/mol. The second-order valence-electron chi connectivity index (χ2n) is 3.15. The van der Waals surface area contributed by atoms with Gasteiger partial charge in [0.25, 0.3) is 0 Å². The first-order valence-electron chi connectivity index (χ1n) is 4.97. The molecular formula is C10H18N2O4. The number of ether oxygens (including phenoxy) is 1. The van der Waals surface area contributed by atoms with Crippen molar-refractivity contribution in [2.24, 2.45) is 0 Å². The van der Waals surface area contributed by atoms with Crippen LogP contribution in [-0.2, 0) is 14.3 Å². The minimum absolute atomic E-state index is 0.138. The zero-order chi connectivity index (χ0) is 12.4. The number of carbonyl (C=O) groups excluding carboxylic acids is 1. The van der Waals surface area contributed by atoms with Gasteiger partial charge in [0.1, 0.15) is 0 Å². The van der Waals surface area contributed by atoms with E-state index >= 15 is 0 Å². The van der Waals surface area contributed by atoms with Gasteiger partial charge in [0, 0.05) is 26.3 Å². The SMILES string of the molecule is COCCNC(=O)C(C)NC/C=C/C(=O)O. The normalized spacial score (nSPS) is 12.6. The Morgan fingerprint density at radius 1 is 1.50 bits per heavy atom. The summed E-state index contributed by atoms with van der Waals surface area (Å²) in [5.41, 5.74) is 0. The number of carboxylic acids is 1. The zero-order valence-corrected chi connectivity index (χ0v) is 9.53. The van der Waals surface area contributed by atoms with Crippen molar-refractivity contribution < 1.29 is 19.4 Å². The third-order valence-electron chi connectivity index (χ3n) is 1.80. The quantitative estimate of drug-likeness (QED) is 0.381. The standard InChI is InChI=1S/C10H18N2O4/c1-8(10(15)12-6-7-16-2)11-5-3-4-9(13)14/h3-4,8,11H,5-7H2,1-2H3,(H,12,15)(H,13,14)/b4-3+. The fourth-order valence-electron chi connectivity index (χ4n) is 0.927. The maximum absolute atomic E-state index is 11.4. The minimum Gasteiger partial charge on any atom is -0.478 e. The van der Waals surface area contributed by atoms with Crippen LogP contribution in [0.4, 0.5) is 0 Å². The average molecular weight is 230 g/mol. The fourth-order valence-corrected chi connectivity index (χ4v) is 0.927. The van der Waals surface area contributed by atoms with Gasteiger partial charge >= 0.3 is 5.97 Å². The van der Waals surface area contributed by atoms with Crippen molar-refractivity contribution in [2.45, 2.75) is 13.0 Å². The van der Waals surface area contributed by atoms with Crippen LogP contribution >= 0.6 is 0 Å². The Bertz CT molecular complexity index is 253. The molecule has 0 aromatic rings. The van der Waals surface area contributed by atoms with Crippen LogP contribution in [0.25, 0.3) is 0 Å². The molecule has 0 saturated heterocycles. The first kappa shape index (κ1) is 14.6. The fraction of sp³-hybridized carbons (Fsp3) is 0.600. The molecule has 92 valence electrons. The molecule has 0 fully saturated rings. The zero-order valence-electron chi connectivity index (χ0n) is 9.53. The smallest absolute Gasteiger partial charge is 0.328 e. The molecule has 0 heterocycles. The lowest BCUT2D eigenvalue weighted by Gasteiger charge is -2.12. The van der Waals surface area contributed by atoms with Crippen molar-refractivity contribution >= 4 is 11.9 Å². The molecule has 0 bridgehead atoms. The molecule has 1 atom stereocenters. The van der Waals surface area contributed by atoms with Crippen LogP contribution in [-0.4, -0.2) is 49.8 Å². The Morgan fingerprint density at radius 2 is 2.19 bits per heavy atom. The minimum atomic E-state index is -1.00. The Kier molecular flexibility index (Phi) is 8.10. The predicted octanol–water partition coefficient (Wildman–Crippen LogP) is -0.632. The molecule has 6 nitrogen and oxygen atoms in total. The van der Waals surface area contributed by atoms with E-state index in [2.05, 4.69) is 10.6 Å². The number of rotatable bonds is 8. The van der Waals surface area contributed by atoms with Gasteiger partial charge in [0.05, 0.1) is 12.6 Å². The van der Waals surface area contributed by atoms with Crippen molar-refractivity contribution in [2.75, 3.05) is 26.8 Å². The van der Waals surface area contributed by atoms with Crippen LogP contribution in [0, 0.1) is 0 Å². The van der Waals surface area contributed by atoms with Crippen molar-refractivity contribution in [1.82, 2.24) is 10.6 Å². The molecule has 0 aromatic heterocycles. The summed E-state index contributed by atoms with van der Waals surface area (Å²) in [6.07, 6.45) is 2.48. The lowest BCUT2D eigenvalue weighted by atomic mass is 10.3. The van der Waals surface area contributed by atoms with Gasteiger partial charge in [-0.15, -0.1) is 0 Å². The molecular weight excluding hydrogens is 212 g/mol. The van der Waals surface area contributed by atoms with E-state index in [0.29, 0.717) is 19.7 Å². The highest BCUT2D eigenvalue weighted by atomic mass is 16.5. The Labute approximate surface area is 94.7 Å². The molecule has 0 spiro atoms. The highest BCUT2D eigenvalue weighted by Gasteiger charge is 2.09. The van der Waals surface area contributed by atoms with Gasteiger partial charge in [-0.3, -0.25) is 4.79 Å². The van der Waals surface area contributed by atoms with Gasteiger partial charge in [-0.05, 0) is 6.92 Å². The van der Waals surface area contributed by atoms with E-state index in [4.69, 9.17) is 9.84 Å². The molecule has 0 radical (unpaired) electrons. The van der Waals surface area contributed by atoms with E-state index in [1.54, 1.807) is 14.0 Å². The summed E-state index contributed by atoms with van der Waals surface area (Å²) < 4.78 is 4.79. The summed E-state index contributed by atoms with van der Waals surface area (Å²) in [6.45, 7) is 2.98. The first-order valence-corrected chi connectivity index (χ1v) is 4.97. The molecule has 0 aromatic carbocycles. The predicted molar refractivity (Wildman–Crippen MR) is 59.1 cm³/mol. The number of amides is 1. The molecule has 1 amide bonds. The van der Waals surface area contributed by atoms with Crippen LogP contribution < -0.4 is 10.6 Å². The maximum atomic E-state index is 11.4. The third-order valence-corrected chi connectivity index (χ3v) is 1.80. The maximum Gasteiger partial charge on any atom is 0.328 e. The summed E-state index contributed by atoms with van der Waals surface area (Å²) in [5.74, 6) is -1.14. The van der Waals surface area contributed by atoms with Crippen LogP contribution in [0.3, 0.4) is 0 Å². The Morgan fingerprint density at radius 3 is 2.75 bits per heavy atom. The van der Waals surface area contributed by atoms with E-state index < -0.39 is 5.97 Å². The molecule has 0 aliphatic carbocycles. The number of carbonyl (C=O) groups is 2. The summed E-state index contributed by atoms with van der Waals surface area (Å²) >= 11 is 0. The van der Waals surface area contributed by atoms with Crippen molar-refractivity contribution in [3.63, 3.8) is 0 Å². The molecule has 16 heavy (non-hydrogen) atoms. The summed E-state index contributed by atoms with van der Waals surface area (Å²) in [7, 11) is 1.56. The van der Waals surface area contributed by atoms with Gasteiger partial charge in [-0.1, -0.05) is 6.08 Å². The van der Waals surface area contributed by atoms with E-state index in [1.165, 1.54) is 6.08 Å².